The fourth-order valence-electron chi connectivity index (χ4n) is 1.87. The number of aromatic nitrogens is 1. The van der Waals surface area contributed by atoms with Gasteiger partial charge in [0.25, 0.3) is 0 Å². The molecule has 0 N–H and O–H groups in total. The van der Waals surface area contributed by atoms with Crippen LogP contribution in [-0.4, -0.2) is 4.98 Å². The highest BCUT2D eigenvalue weighted by Gasteiger charge is 2.36. The minimum atomic E-state index is -4.36. The van der Waals surface area contributed by atoms with Gasteiger partial charge in [0.1, 0.15) is 5.69 Å². The largest absolute Gasteiger partial charge is 0.433 e. The lowest BCUT2D eigenvalue weighted by molar-refractivity contribution is -0.142. The van der Waals surface area contributed by atoms with Crippen molar-refractivity contribution in [3.63, 3.8) is 0 Å². The van der Waals surface area contributed by atoms with Gasteiger partial charge in [-0.25, -0.2) is 0 Å². The van der Waals surface area contributed by atoms with Crippen molar-refractivity contribution in [3.8, 4) is 0 Å². The number of unbranched alkanes of at least 4 members (excludes halogenated alkanes) is 1. The molecule has 0 aromatic carbocycles. The zero-order valence-corrected chi connectivity index (χ0v) is 10.4. The van der Waals surface area contributed by atoms with E-state index < -0.39 is 11.9 Å². The Hall–Kier alpha value is -1.06. The van der Waals surface area contributed by atoms with Crippen LogP contribution in [0.5, 0.6) is 0 Å². The molecule has 0 spiro atoms. The van der Waals surface area contributed by atoms with Crippen molar-refractivity contribution in [2.45, 2.75) is 52.1 Å². The Bertz CT molecular complexity index is 371. The zero-order chi connectivity index (χ0) is 13.1. The SMILES string of the molecule is CCCCC(C)c1cc(C)cnc1C(F)(F)F. The smallest absolute Gasteiger partial charge is 0.251 e. The van der Waals surface area contributed by atoms with Gasteiger partial charge in [-0.2, -0.15) is 13.2 Å². The van der Waals surface area contributed by atoms with Crippen molar-refractivity contribution in [1.29, 1.82) is 0 Å². The highest BCUT2D eigenvalue weighted by atomic mass is 19.4. The molecule has 0 fully saturated rings. The van der Waals surface area contributed by atoms with Crippen LogP contribution in [0.15, 0.2) is 12.3 Å². The van der Waals surface area contributed by atoms with Gasteiger partial charge in [-0.15, -0.1) is 0 Å². The molecule has 4 heteroatoms. The van der Waals surface area contributed by atoms with Crippen LogP contribution in [0.25, 0.3) is 0 Å². The van der Waals surface area contributed by atoms with Gasteiger partial charge >= 0.3 is 6.18 Å². The molecule has 17 heavy (non-hydrogen) atoms. The number of nitrogens with zero attached hydrogens (tertiary/aromatic N) is 1. The first-order valence-electron chi connectivity index (χ1n) is 5.90. The van der Waals surface area contributed by atoms with Gasteiger partial charge in [0, 0.05) is 6.20 Å². The molecular formula is C13H18F3N. The Morgan fingerprint density at radius 2 is 2.00 bits per heavy atom. The summed E-state index contributed by atoms with van der Waals surface area (Å²) in [5.74, 6) is -0.0982. The summed E-state index contributed by atoms with van der Waals surface area (Å²) < 4.78 is 38.4. The third-order valence-electron chi connectivity index (χ3n) is 2.84. The second-order valence-corrected chi connectivity index (χ2v) is 4.49. The molecule has 0 aliphatic rings. The van der Waals surface area contributed by atoms with Crippen LogP contribution < -0.4 is 0 Å². The van der Waals surface area contributed by atoms with Crippen molar-refractivity contribution < 1.29 is 13.2 Å². The number of halogens is 3. The summed E-state index contributed by atoms with van der Waals surface area (Å²) >= 11 is 0. The van der Waals surface area contributed by atoms with Gasteiger partial charge in [0.2, 0.25) is 0 Å². The molecule has 1 heterocycles. The van der Waals surface area contributed by atoms with E-state index in [0.29, 0.717) is 5.56 Å². The van der Waals surface area contributed by atoms with Crippen molar-refractivity contribution in [2.75, 3.05) is 0 Å². The molecule has 0 saturated heterocycles. The Labute approximate surface area is 100 Å². The Morgan fingerprint density at radius 3 is 2.53 bits per heavy atom. The van der Waals surface area contributed by atoms with Gasteiger partial charge in [-0.05, 0) is 30.4 Å². The summed E-state index contributed by atoms with van der Waals surface area (Å²) in [4.78, 5) is 3.55. The predicted molar refractivity (Wildman–Crippen MR) is 61.9 cm³/mol. The van der Waals surface area contributed by atoms with Gasteiger partial charge in [-0.1, -0.05) is 32.8 Å². The van der Waals surface area contributed by atoms with Crippen LogP contribution in [0.1, 0.15) is 55.8 Å². The van der Waals surface area contributed by atoms with E-state index in [1.165, 1.54) is 6.20 Å². The first-order chi connectivity index (χ1) is 7.86. The second-order valence-electron chi connectivity index (χ2n) is 4.49. The number of rotatable bonds is 4. The van der Waals surface area contributed by atoms with Gasteiger partial charge in [0.15, 0.2) is 0 Å². The Morgan fingerprint density at radius 1 is 1.35 bits per heavy atom. The number of aryl methyl sites for hydroxylation is 1. The summed E-state index contributed by atoms with van der Waals surface area (Å²) in [6, 6.07) is 1.61. The van der Waals surface area contributed by atoms with E-state index in [1.807, 2.05) is 13.8 Å². The lowest BCUT2D eigenvalue weighted by Gasteiger charge is -2.17. The average Bonchev–Trinajstić information content (AvgIpc) is 2.24. The van der Waals surface area contributed by atoms with Crippen molar-refractivity contribution in [3.05, 3.63) is 29.1 Å². The molecule has 96 valence electrons. The quantitative estimate of drug-likeness (QED) is 0.749. The number of hydrogen-bond donors (Lipinski definition) is 0. The molecular weight excluding hydrogens is 227 g/mol. The summed E-state index contributed by atoms with van der Waals surface area (Å²) in [7, 11) is 0. The first kappa shape index (κ1) is 14.0. The topological polar surface area (TPSA) is 12.9 Å². The molecule has 1 aromatic rings. The molecule has 0 amide bonds. The number of hydrogen-bond acceptors (Lipinski definition) is 1. The molecule has 0 bridgehead atoms. The third kappa shape index (κ3) is 3.72. The summed E-state index contributed by atoms with van der Waals surface area (Å²) in [5, 5.41) is 0. The normalized spacial score (nSPS) is 13.8. The van der Waals surface area contributed by atoms with Crippen molar-refractivity contribution in [1.82, 2.24) is 4.98 Å². The minimum Gasteiger partial charge on any atom is -0.251 e. The van der Waals surface area contributed by atoms with Crippen LogP contribution in [0.2, 0.25) is 0 Å². The molecule has 1 unspecified atom stereocenters. The van der Waals surface area contributed by atoms with Gasteiger partial charge in [0.05, 0.1) is 0 Å². The fourth-order valence-corrected chi connectivity index (χ4v) is 1.87. The number of pyridine rings is 1. The second kappa shape index (κ2) is 5.52. The summed E-state index contributed by atoms with van der Waals surface area (Å²) in [6.45, 7) is 5.64. The molecule has 1 rings (SSSR count). The molecule has 0 aliphatic heterocycles. The van der Waals surface area contributed by atoms with E-state index in [4.69, 9.17) is 0 Å². The van der Waals surface area contributed by atoms with E-state index in [1.54, 1.807) is 13.0 Å². The van der Waals surface area contributed by atoms with Crippen molar-refractivity contribution in [2.24, 2.45) is 0 Å². The van der Waals surface area contributed by atoms with E-state index in [0.717, 1.165) is 24.8 Å². The van der Waals surface area contributed by atoms with E-state index >= 15 is 0 Å². The van der Waals surface area contributed by atoms with E-state index in [2.05, 4.69) is 4.98 Å². The number of alkyl halides is 3. The average molecular weight is 245 g/mol. The molecule has 1 atom stereocenters. The van der Waals surface area contributed by atoms with Gasteiger partial charge < -0.3 is 0 Å². The standard InChI is InChI=1S/C13H18F3N/c1-4-5-6-10(3)11-7-9(2)8-17-12(11)13(14,15)16/h7-8,10H,4-6H2,1-3H3. The first-order valence-corrected chi connectivity index (χ1v) is 5.90. The van der Waals surface area contributed by atoms with Crippen LogP contribution in [0, 0.1) is 6.92 Å². The lowest BCUT2D eigenvalue weighted by atomic mass is 9.93. The monoisotopic (exact) mass is 245 g/mol. The molecule has 0 aliphatic carbocycles. The molecule has 1 nitrogen and oxygen atoms in total. The van der Waals surface area contributed by atoms with E-state index in [-0.39, 0.29) is 5.92 Å². The van der Waals surface area contributed by atoms with Crippen LogP contribution in [-0.2, 0) is 6.18 Å². The fraction of sp³-hybridized carbons (Fsp3) is 0.615. The maximum absolute atomic E-state index is 12.8. The molecule has 1 aromatic heterocycles. The minimum absolute atomic E-state index is 0.0982. The highest BCUT2D eigenvalue weighted by molar-refractivity contribution is 5.29. The molecule has 0 radical (unpaired) electrons. The maximum atomic E-state index is 12.8. The lowest BCUT2D eigenvalue weighted by Crippen LogP contribution is -2.14. The zero-order valence-electron chi connectivity index (χ0n) is 10.4. The summed E-state index contributed by atoms with van der Waals surface area (Å²) in [6.07, 6.45) is -0.384. The van der Waals surface area contributed by atoms with Crippen LogP contribution in [0.4, 0.5) is 13.2 Å². The van der Waals surface area contributed by atoms with Crippen LogP contribution >= 0.6 is 0 Å². The predicted octanol–water partition coefficient (Wildman–Crippen LogP) is 4.70. The highest BCUT2D eigenvalue weighted by Crippen LogP contribution is 2.35. The third-order valence-corrected chi connectivity index (χ3v) is 2.84. The van der Waals surface area contributed by atoms with Crippen molar-refractivity contribution >= 4 is 0 Å². The Balaban J connectivity index is 3.07. The molecule has 0 saturated carbocycles. The maximum Gasteiger partial charge on any atom is 0.433 e. The summed E-state index contributed by atoms with van der Waals surface area (Å²) in [5.41, 5.74) is 0.369. The van der Waals surface area contributed by atoms with E-state index in [9.17, 15) is 13.2 Å². The van der Waals surface area contributed by atoms with Gasteiger partial charge in [-0.3, -0.25) is 4.98 Å². The van der Waals surface area contributed by atoms with Crippen LogP contribution in [0.3, 0.4) is 0 Å². The Kier molecular flexibility index (Phi) is 4.54.